The molecule has 7 nitrogen and oxygen atoms in total. The zero-order valence-corrected chi connectivity index (χ0v) is 14.8. The normalized spacial score (nSPS) is 14.5. The average molecular weight is 358 g/mol. The van der Waals surface area contributed by atoms with Crippen molar-refractivity contribution in [1.29, 1.82) is 0 Å². The van der Waals surface area contributed by atoms with Crippen molar-refractivity contribution in [3.8, 4) is 22.5 Å². The number of aromatic amines is 1. The van der Waals surface area contributed by atoms with Crippen LogP contribution in [0.25, 0.3) is 33.4 Å². The number of hydrogen-bond acceptors (Lipinski definition) is 6. The quantitative estimate of drug-likeness (QED) is 0.604. The number of fused-ring (bicyclic) bond motifs is 1. The minimum absolute atomic E-state index is 0.287. The van der Waals surface area contributed by atoms with Crippen LogP contribution in [0.5, 0.6) is 0 Å². The highest BCUT2D eigenvalue weighted by Crippen LogP contribution is 2.31. The Hall–Kier alpha value is -3.32. The van der Waals surface area contributed by atoms with E-state index >= 15 is 0 Å². The average Bonchev–Trinajstić information content (AvgIpc) is 3.11. The van der Waals surface area contributed by atoms with Gasteiger partial charge in [0.05, 0.1) is 23.5 Å². The van der Waals surface area contributed by atoms with Crippen LogP contribution in [-0.4, -0.2) is 51.5 Å². The first-order chi connectivity index (χ1) is 13.3. The molecular formula is C20H18N6O. The van der Waals surface area contributed by atoms with Gasteiger partial charge in [-0.15, -0.1) is 0 Å². The molecule has 7 heteroatoms. The highest BCUT2D eigenvalue weighted by molar-refractivity contribution is 5.94. The van der Waals surface area contributed by atoms with Crippen LogP contribution in [0.15, 0.2) is 55.1 Å². The van der Waals surface area contributed by atoms with Crippen molar-refractivity contribution in [1.82, 2.24) is 25.1 Å². The molecule has 4 aromatic heterocycles. The van der Waals surface area contributed by atoms with Gasteiger partial charge in [0.25, 0.3) is 0 Å². The Bertz CT molecular complexity index is 1090. The summed E-state index contributed by atoms with van der Waals surface area (Å²) in [6.45, 7) is 1.73. The predicted octanol–water partition coefficient (Wildman–Crippen LogP) is 2.92. The van der Waals surface area contributed by atoms with Crippen LogP contribution in [0.4, 0.5) is 5.82 Å². The molecule has 1 fully saturated rings. The lowest BCUT2D eigenvalue weighted by Gasteiger charge is -2.39. The molecule has 0 bridgehead atoms. The van der Waals surface area contributed by atoms with Crippen molar-refractivity contribution in [3.63, 3.8) is 0 Å². The Kier molecular flexibility index (Phi) is 3.79. The van der Waals surface area contributed by atoms with Crippen LogP contribution in [0.1, 0.15) is 0 Å². The van der Waals surface area contributed by atoms with Crippen LogP contribution in [0, 0.1) is 0 Å². The molecule has 0 amide bonds. The molecule has 0 aromatic carbocycles. The fraction of sp³-hybridized carbons (Fsp3) is 0.200. The first-order valence-corrected chi connectivity index (χ1v) is 8.80. The van der Waals surface area contributed by atoms with Gasteiger partial charge < -0.3 is 9.64 Å². The fourth-order valence-electron chi connectivity index (χ4n) is 3.32. The minimum Gasteiger partial charge on any atom is -0.378 e. The molecule has 0 atom stereocenters. The number of methoxy groups -OCH3 is 1. The van der Waals surface area contributed by atoms with Crippen molar-refractivity contribution in [3.05, 3.63) is 55.1 Å². The van der Waals surface area contributed by atoms with E-state index in [0.717, 1.165) is 52.3 Å². The molecule has 0 radical (unpaired) electrons. The summed E-state index contributed by atoms with van der Waals surface area (Å²) in [5.41, 5.74) is 4.67. The number of pyridine rings is 3. The van der Waals surface area contributed by atoms with Crippen LogP contribution < -0.4 is 4.90 Å². The maximum Gasteiger partial charge on any atom is 0.129 e. The van der Waals surface area contributed by atoms with Crippen molar-refractivity contribution < 1.29 is 4.74 Å². The third-order valence-electron chi connectivity index (χ3n) is 4.93. The van der Waals surface area contributed by atoms with E-state index in [0.29, 0.717) is 0 Å². The van der Waals surface area contributed by atoms with Gasteiger partial charge in [0.15, 0.2) is 0 Å². The molecule has 1 saturated heterocycles. The van der Waals surface area contributed by atoms with Crippen molar-refractivity contribution >= 4 is 16.7 Å². The molecular weight excluding hydrogens is 340 g/mol. The smallest absolute Gasteiger partial charge is 0.129 e. The number of aromatic nitrogens is 5. The Morgan fingerprint density at radius 2 is 2.00 bits per heavy atom. The van der Waals surface area contributed by atoms with Gasteiger partial charge in [0, 0.05) is 55.3 Å². The highest BCUT2D eigenvalue weighted by atomic mass is 16.5. The molecule has 27 heavy (non-hydrogen) atoms. The van der Waals surface area contributed by atoms with Crippen LogP contribution in [-0.2, 0) is 4.74 Å². The molecule has 0 unspecified atom stereocenters. The first-order valence-electron chi connectivity index (χ1n) is 8.80. The van der Waals surface area contributed by atoms with E-state index < -0.39 is 0 Å². The molecule has 0 saturated carbocycles. The molecule has 4 aromatic rings. The Labute approximate surface area is 156 Å². The van der Waals surface area contributed by atoms with Crippen LogP contribution >= 0.6 is 0 Å². The number of rotatable bonds is 4. The minimum atomic E-state index is 0.287. The van der Waals surface area contributed by atoms with Crippen LogP contribution in [0.2, 0.25) is 0 Å². The molecule has 134 valence electrons. The maximum atomic E-state index is 5.35. The number of hydrogen-bond donors (Lipinski definition) is 1. The second-order valence-corrected chi connectivity index (χ2v) is 6.59. The monoisotopic (exact) mass is 358 g/mol. The maximum absolute atomic E-state index is 5.35. The lowest BCUT2D eigenvalue weighted by atomic mass is 10.1. The topological polar surface area (TPSA) is 79.8 Å². The summed E-state index contributed by atoms with van der Waals surface area (Å²) in [6, 6.07) is 10.0. The molecule has 0 aliphatic carbocycles. The molecule has 1 N–H and O–H groups in total. The summed E-state index contributed by atoms with van der Waals surface area (Å²) in [4.78, 5) is 15.4. The lowest BCUT2D eigenvalue weighted by Crippen LogP contribution is -2.52. The molecule has 1 aliphatic rings. The zero-order chi connectivity index (χ0) is 18.2. The summed E-state index contributed by atoms with van der Waals surface area (Å²) < 4.78 is 5.35. The number of ether oxygens (including phenoxy) is 1. The Balaban J connectivity index is 1.53. The summed E-state index contributed by atoms with van der Waals surface area (Å²) in [7, 11) is 1.75. The Morgan fingerprint density at radius 3 is 2.81 bits per heavy atom. The van der Waals surface area contributed by atoms with Gasteiger partial charge in [0.1, 0.15) is 11.5 Å². The van der Waals surface area contributed by atoms with E-state index in [1.165, 1.54) is 0 Å². The van der Waals surface area contributed by atoms with Gasteiger partial charge in [-0.3, -0.25) is 15.1 Å². The van der Waals surface area contributed by atoms with E-state index in [9.17, 15) is 0 Å². The molecule has 5 rings (SSSR count). The number of anilines is 1. The summed E-state index contributed by atoms with van der Waals surface area (Å²) in [6.07, 6.45) is 7.50. The summed E-state index contributed by atoms with van der Waals surface area (Å²) in [5.74, 6) is 0.943. The number of H-pyrrole nitrogens is 1. The highest BCUT2D eigenvalue weighted by Gasteiger charge is 2.27. The standard InChI is InChI=1S/C20H18N6O/c1-27-15-11-26(12-15)19-7-13(4-6-22-19)20-16-8-17(14-3-2-5-21-9-14)23-10-18(16)24-25-20/h2-10,15H,11-12H2,1H3,(H,24,25). The number of nitrogens with zero attached hydrogens (tertiary/aromatic N) is 5. The van der Waals surface area contributed by atoms with Gasteiger partial charge in [-0.2, -0.15) is 5.10 Å². The molecule has 0 spiro atoms. The third-order valence-corrected chi connectivity index (χ3v) is 4.93. The van der Waals surface area contributed by atoms with Gasteiger partial charge in [-0.25, -0.2) is 4.98 Å². The van der Waals surface area contributed by atoms with E-state index in [1.807, 2.05) is 36.8 Å². The SMILES string of the molecule is COC1CN(c2cc(-c3n[nH]c4cnc(-c5cccnc5)cc34)ccn2)C1. The summed E-state index contributed by atoms with van der Waals surface area (Å²) >= 11 is 0. The molecule has 1 aliphatic heterocycles. The predicted molar refractivity (Wildman–Crippen MR) is 103 cm³/mol. The van der Waals surface area contributed by atoms with Crippen molar-refractivity contribution in [2.24, 2.45) is 0 Å². The van der Waals surface area contributed by atoms with Gasteiger partial charge in [-0.05, 0) is 30.3 Å². The van der Waals surface area contributed by atoms with Gasteiger partial charge >= 0.3 is 0 Å². The second kappa shape index (κ2) is 6.44. The van der Waals surface area contributed by atoms with Gasteiger partial charge in [0.2, 0.25) is 0 Å². The first kappa shape index (κ1) is 15.9. The van der Waals surface area contributed by atoms with Gasteiger partial charge in [-0.1, -0.05) is 0 Å². The fourth-order valence-corrected chi connectivity index (χ4v) is 3.32. The summed E-state index contributed by atoms with van der Waals surface area (Å²) in [5, 5.41) is 8.63. The van der Waals surface area contributed by atoms with E-state index in [-0.39, 0.29) is 6.10 Å². The second-order valence-electron chi connectivity index (χ2n) is 6.59. The zero-order valence-electron chi connectivity index (χ0n) is 14.8. The number of nitrogens with one attached hydrogen (secondary N) is 1. The van der Waals surface area contributed by atoms with E-state index in [1.54, 1.807) is 13.3 Å². The van der Waals surface area contributed by atoms with E-state index in [2.05, 4.69) is 42.2 Å². The lowest BCUT2D eigenvalue weighted by molar-refractivity contribution is 0.0783. The molecule has 5 heterocycles. The Morgan fingerprint density at radius 1 is 1.07 bits per heavy atom. The van der Waals surface area contributed by atoms with Crippen molar-refractivity contribution in [2.75, 3.05) is 25.1 Å². The largest absolute Gasteiger partial charge is 0.378 e. The van der Waals surface area contributed by atoms with E-state index in [4.69, 9.17) is 4.74 Å². The third kappa shape index (κ3) is 2.82. The van der Waals surface area contributed by atoms with Crippen molar-refractivity contribution in [2.45, 2.75) is 6.10 Å². The van der Waals surface area contributed by atoms with Crippen LogP contribution in [0.3, 0.4) is 0 Å².